The minimum atomic E-state index is -0.242. The first-order valence-corrected chi connectivity index (χ1v) is 7.98. The molecule has 0 aliphatic carbocycles. The molecule has 1 aromatic heterocycles. The number of aryl methyl sites for hydroxylation is 1. The van der Waals surface area contributed by atoms with Crippen LogP contribution in [0, 0.1) is 12.8 Å². The normalized spacial score (nSPS) is 21.6. The van der Waals surface area contributed by atoms with Crippen LogP contribution in [-0.4, -0.2) is 23.5 Å². The first-order valence-electron chi connectivity index (χ1n) is 7.16. The summed E-state index contributed by atoms with van der Waals surface area (Å²) in [6.45, 7) is 2.88. The summed E-state index contributed by atoms with van der Waals surface area (Å²) in [6.07, 6.45) is 3.75. The minimum Gasteiger partial charge on any atom is -0.368 e. The molecule has 2 atom stereocenters. The van der Waals surface area contributed by atoms with Gasteiger partial charge in [0.25, 0.3) is 0 Å². The largest absolute Gasteiger partial charge is 0.368 e. The van der Waals surface area contributed by atoms with Crippen molar-refractivity contribution in [3.8, 4) is 10.4 Å². The Morgan fingerprint density at radius 2 is 2.19 bits per heavy atom. The van der Waals surface area contributed by atoms with E-state index < -0.39 is 0 Å². The zero-order chi connectivity index (χ0) is 14.8. The second-order valence-electron chi connectivity index (χ2n) is 5.61. The molecule has 2 unspecified atom stereocenters. The van der Waals surface area contributed by atoms with Crippen molar-refractivity contribution < 1.29 is 4.79 Å². The fourth-order valence-electron chi connectivity index (χ4n) is 2.81. The van der Waals surface area contributed by atoms with Crippen molar-refractivity contribution >= 4 is 17.2 Å². The Balaban J connectivity index is 1.64. The van der Waals surface area contributed by atoms with Crippen LogP contribution in [-0.2, 0) is 11.2 Å². The first-order chi connectivity index (χ1) is 10.1. The van der Waals surface area contributed by atoms with Gasteiger partial charge in [-0.2, -0.15) is 0 Å². The standard InChI is InChI=1S/C16H19N3OS/c1-10-18-9-15(21-10)13-4-2-11(3-5-13)6-12-7-14(16(17)20)19-8-12/h2-5,9,12,14,19H,6-8H2,1H3,(H2,17,20). The van der Waals surface area contributed by atoms with Gasteiger partial charge in [0.1, 0.15) is 0 Å². The minimum absolute atomic E-state index is 0.158. The predicted octanol–water partition coefficient (Wildman–Crippen LogP) is 2.12. The Labute approximate surface area is 128 Å². The molecule has 3 rings (SSSR count). The molecule has 0 radical (unpaired) electrons. The third-order valence-corrected chi connectivity index (χ3v) is 4.91. The van der Waals surface area contributed by atoms with Crippen LogP contribution < -0.4 is 11.1 Å². The molecule has 21 heavy (non-hydrogen) atoms. The van der Waals surface area contributed by atoms with E-state index in [9.17, 15) is 4.79 Å². The maximum absolute atomic E-state index is 11.2. The number of nitrogens with two attached hydrogens (primary N) is 1. The molecule has 1 amide bonds. The lowest BCUT2D eigenvalue weighted by atomic mass is 9.96. The fourth-order valence-corrected chi connectivity index (χ4v) is 3.60. The number of carbonyl (C=O) groups excluding carboxylic acids is 1. The third kappa shape index (κ3) is 3.31. The molecule has 4 nitrogen and oxygen atoms in total. The number of amides is 1. The molecule has 3 N–H and O–H groups in total. The zero-order valence-corrected chi connectivity index (χ0v) is 12.8. The SMILES string of the molecule is Cc1ncc(-c2ccc(CC3CNC(C(N)=O)C3)cc2)s1. The summed E-state index contributed by atoms with van der Waals surface area (Å²) in [5.74, 6) is 0.243. The average molecular weight is 301 g/mol. The maximum Gasteiger partial charge on any atom is 0.234 e. The molecule has 0 saturated carbocycles. The molecule has 1 aromatic carbocycles. The summed E-state index contributed by atoms with van der Waals surface area (Å²) < 4.78 is 0. The van der Waals surface area contributed by atoms with Gasteiger partial charge in [0.15, 0.2) is 0 Å². The van der Waals surface area contributed by atoms with E-state index in [1.165, 1.54) is 16.0 Å². The van der Waals surface area contributed by atoms with Crippen LogP contribution in [0.3, 0.4) is 0 Å². The molecule has 1 fully saturated rings. The Bertz CT molecular complexity index is 635. The summed E-state index contributed by atoms with van der Waals surface area (Å²) >= 11 is 1.71. The van der Waals surface area contributed by atoms with Gasteiger partial charge in [-0.25, -0.2) is 4.98 Å². The summed E-state index contributed by atoms with van der Waals surface area (Å²) in [5, 5.41) is 4.27. The van der Waals surface area contributed by atoms with E-state index in [1.807, 2.05) is 13.1 Å². The summed E-state index contributed by atoms with van der Waals surface area (Å²) in [6, 6.07) is 8.48. The third-order valence-electron chi connectivity index (χ3n) is 3.95. The monoisotopic (exact) mass is 301 g/mol. The van der Waals surface area contributed by atoms with Crippen molar-refractivity contribution in [3.05, 3.63) is 41.0 Å². The van der Waals surface area contributed by atoms with Gasteiger partial charge in [0, 0.05) is 6.20 Å². The van der Waals surface area contributed by atoms with Gasteiger partial charge in [0.2, 0.25) is 5.91 Å². The maximum atomic E-state index is 11.2. The van der Waals surface area contributed by atoms with E-state index in [1.54, 1.807) is 11.3 Å². The van der Waals surface area contributed by atoms with Crippen LogP contribution in [0.1, 0.15) is 17.0 Å². The fraction of sp³-hybridized carbons (Fsp3) is 0.375. The molecule has 2 heterocycles. The quantitative estimate of drug-likeness (QED) is 0.909. The number of nitrogens with one attached hydrogen (secondary N) is 1. The van der Waals surface area contributed by atoms with Crippen LogP contribution in [0.5, 0.6) is 0 Å². The highest BCUT2D eigenvalue weighted by Crippen LogP contribution is 2.27. The Kier molecular flexibility index (Phi) is 4.03. The van der Waals surface area contributed by atoms with Crippen molar-refractivity contribution in [3.63, 3.8) is 0 Å². The average Bonchev–Trinajstić information content (AvgIpc) is 3.09. The van der Waals surface area contributed by atoms with Gasteiger partial charge in [-0.15, -0.1) is 11.3 Å². The lowest BCUT2D eigenvalue weighted by molar-refractivity contribution is -0.119. The van der Waals surface area contributed by atoms with Gasteiger partial charge >= 0.3 is 0 Å². The van der Waals surface area contributed by atoms with Crippen LogP contribution in [0.25, 0.3) is 10.4 Å². The molecule has 0 spiro atoms. The van der Waals surface area contributed by atoms with E-state index in [0.29, 0.717) is 5.92 Å². The van der Waals surface area contributed by atoms with Crippen molar-refractivity contribution in [1.82, 2.24) is 10.3 Å². The van der Waals surface area contributed by atoms with E-state index in [2.05, 4.69) is 34.6 Å². The number of hydrogen-bond donors (Lipinski definition) is 2. The molecule has 1 aliphatic heterocycles. The van der Waals surface area contributed by atoms with E-state index in [4.69, 9.17) is 5.73 Å². The van der Waals surface area contributed by atoms with Crippen molar-refractivity contribution in [2.24, 2.45) is 11.7 Å². The van der Waals surface area contributed by atoms with Gasteiger partial charge in [-0.1, -0.05) is 24.3 Å². The number of thiazole rings is 1. The highest BCUT2D eigenvalue weighted by atomic mass is 32.1. The number of carbonyl (C=O) groups is 1. The molecule has 1 aliphatic rings. The van der Waals surface area contributed by atoms with Gasteiger partial charge in [-0.05, 0) is 43.4 Å². The predicted molar refractivity (Wildman–Crippen MR) is 85.1 cm³/mol. The first kappa shape index (κ1) is 14.2. The number of rotatable bonds is 4. The Hall–Kier alpha value is -1.72. The molecule has 2 aromatic rings. The van der Waals surface area contributed by atoms with Crippen LogP contribution >= 0.6 is 11.3 Å². The van der Waals surface area contributed by atoms with Gasteiger partial charge in [0.05, 0.1) is 15.9 Å². The molecule has 1 saturated heterocycles. The molecular weight excluding hydrogens is 282 g/mol. The van der Waals surface area contributed by atoms with Gasteiger partial charge < -0.3 is 11.1 Å². The highest BCUT2D eigenvalue weighted by molar-refractivity contribution is 7.15. The number of nitrogens with zero attached hydrogens (tertiary/aromatic N) is 1. The second-order valence-corrected chi connectivity index (χ2v) is 6.84. The number of aromatic nitrogens is 1. The molecular formula is C16H19N3OS. The Morgan fingerprint density at radius 3 is 2.76 bits per heavy atom. The number of hydrogen-bond acceptors (Lipinski definition) is 4. The van der Waals surface area contributed by atoms with E-state index in [0.717, 1.165) is 24.4 Å². The van der Waals surface area contributed by atoms with E-state index >= 15 is 0 Å². The van der Waals surface area contributed by atoms with Crippen molar-refractivity contribution in [2.45, 2.75) is 25.8 Å². The van der Waals surface area contributed by atoms with Crippen molar-refractivity contribution in [1.29, 1.82) is 0 Å². The lowest BCUT2D eigenvalue weighted by Crippen LogP contribution is -2.36. The lowest BCUT2D eigenvalue weighted by Gasteiger charge is -2.09. The van der Waals surface area contributed by atoms with Gasteiger partial charge in [-0.3, -0.25) is 4.79 Å². The van der Waals surface area contributed by atoms with Crippen LogP contribution in [0.15, 0.2) is 30.5 Å². The number of primary amides is 1. The topological polar surface area (TPSA) is 68.0 Å². The van der Waals surface area contributed by atoms with Crippen LogP contribution in [0.4, 0.5) is 0 Å². The van der Waals surface area contributed by atoms with E-state index in [-0.39, 0.29) is 11.9 Å². The number of benzene rings is 1. The molecule has 0 bridgehead atoms. The molecule has 110 valence electrons. The summed E-state index contributed by atoms with van der Waals surface area (Å²) in [5.41, 5.74) is 7.85. The zero-order valence-electron chi connectivity index (χ0n) is 12.0. The Morgan fingerprint density at radius 1 is 1.43 bits per heavy atom. The second kappa shape index (κ2) is 5.95. The van der Waals surface area contributed by atoms with Crippen molar-refractivity contribution in [2.75, 3.05) is 6.54 Å². The summed E-state index contributed by atoms with van der Waals surface area (Å²) in [4.78, 5) is 16.7. The smallest absolute Gasteiger partial charge is 0.234 e. The molecule has 5 heteroatoms. The van der Waals surface area contributed by atoms with Crippen LogP contribution in [0.2, 0.25) is 0 Å². The summed E-state index contributed by atoms with van der Waals surface area (Å²) in [7, 11) is 0. The highest BCUT2D eigenvalue weighted by Gasteiger charge is 2.27.